The van der Waals surface area contributed by atoms with Gasteiger partial charge in [-0.3, -0.25) is 4.79 Å². The largest absolute Gasteiger partial charge is 0.415 e. The molecule has 6 nitrogen and oxygen atoms in total. The Labute approximate surface area is 214 Å². The maximum atomic E-state index is 13.4. The minimum absolute atomic E-state index is 0.0499. The van der Waals surface area contributed by atoms with E-state index < -0.39 is 11.9 Å². The Morgan fingerprint density at radius 3 is 2.31 bits per heavy atom. The van der Waals surface area contributed by atoms with Crippen molar-refractivity contribution >= 4 is 35.2 Å². The van der Waals surface area contributed by atoms with Crippen LogP contribution in [0.15, 0.2) is 42.5 Å². The van der Waals surface area contributed by atoms with Crippen molar-refractivity contribution < 1.29 is 23.5 Å². The third-order valence-electron chi connectivity index (χ3n) is 7.13. The highest BCUT2D eigenvalue weighted by atomic mass is 35.5. The van der Waals surface area contributed by atoms with Crippen molar-refractivity contribution in [1.29, 1.82) is 0 Å². The fourth-order valence-corrected chi connectivity index (χ4v) is 5.35. The van der Waals surface area contributed by atoms with Crippen LogP contribution in [-0.4, -0.2) is 61.2 Å². The normalized spacial score (nSPS) is 24.3. The molecule has 0 unspecified atom stereocenters. The van der Waals surface area contributed by atoms with Crippen molar-refractivity contribution in [2.75, 3.05) is 27.2 Å². The van der Waals surface area contributed by atoms with Gasteiger partial charge in [0.2, 0.25) is 5.91 Å². The lowest BCUT2D eigenvalue weighted by Gasteiger charge is -2.30. The van der Waals surface area contributed by atoms with E-state index in [1.54, 1.807) is 26.3 Å². The van der Waals surface area contributed by atoms with Crippen LogP contribution in [0, 0.1) is 11.7 Å². The second-order valence-electron chi connectivity index (χ2n) is 9.23. The Hall–Kier alpha value is -2.35. The molecule has 0 aromatic heterocycles. The molecule has 0 bridgehead atoms. The van der Waals surface area contributed by atoms with Crippen molar-refractivity contribution in [2.45, 2.75) is 43.7 Å². The Balaban J connectivity index is 1.53. The van der Waals surface area contributed by atoms with Gasteiger partial charge in [0.05, 0.1) is 22.2 Å². The fraction of sp³-hybridized carbons (Fsp3) is 0.462. The summed E-state index contributed by atoms with van der Waals surface area (Å²) in [4.78, 5) is 29.7. The van der Waals surface area contributed by atoms with Gasteiger partial charge in [0.15, 0.2) is 0 Å². The summed E-state index contributed by atoms with van der Waals surface area (Å²) < 4.78 is 24.1. The van der Waals surface area contributed by atoms with Crippen LogP contribution in [0.4, 0.5) is 9.18 Å². The van der Waals surface area contributed by atoms with E-state index in [2.05, 4.69) is 0 Å². The molecule has 4 rings (SSSR count). The van der Waals surface area contributed by atoms with E-state index in [9.17, 15) is 14.0 Å². The molecular weight excluding hydrogens is 494 g/mol. The molecule has 1 aliphatic carbocycles. The lowest BCUT2D eigenvalue weighted by atomic mass is 9.86. The van der Waals surface area contributed by atoms with Gasteiger partial charge in [-0.2, -0.15) is 0 Å². The molecule has 35 heavy (non-hydrogen) atoms. The topological polar surface area (TPSA) is 59.1 Å². The fourth-order valence-electron chi connectivity index (χ4n) is 5.04. The van der Waals surface area contributed by atoms with Crippen LogP contribution < -0.4 is 4.74 Å². The SMILES string of the molecule is COC1CCC(C(=O)N2C[C@H](c3ccc(Cl)c(Cl)c3)[C@@H](N(C)C(=O)Oc3ccc(F)cc3)C2)CC1. The Bertz CT molecular complexity index is 1060. The minimum Gasteiger partial charge on any atom is -0.410 e. The van der Waals surface area contributed by atoms with Gasteiger partial charge in [-0.1, -0.05) is 29.3 Å². The molecule has 2 atom stereocenters. The number of likely N-dealkylation sites (N-methyl/N-ethyl adjacent to an activating group) is 1. The van der Waals surface area contributed by atoms with Gasteiger partial charge in [0.25, 0.3) is 0 Å². The third kappa shape index (κ3) is 5.90. The molecule has 9 heteroatoms. The number of methoxy groups -OCH3 is 1. The lowest BCUT2D eigenvalue weighted by molar-refractivity contribution is -0.136. The van der Waals surface area contributed by atoms with Crippen molar-refractivity contribution in [3.8, 4) is 5.75 Å². The number of benzene rings is 2. The van der Waals surface area contributed by atoms with Crippen molar-refractivity contribution in [3.63, 3.8) is 0 Å². The molecule has 2 aliphatic rings. The highest BCUT2D eigenvalue weighted by Crippen LogP contribution is 2.36. The van der Waals surface area contributed by atoms with E-state index in [-0.39, 0.29) is 35.6 Å². The second-order valence-corrected chi connectivity index (χ2v) is 10.0. The van der Waals surface area contributed by atoms with Gasteiger partial charge in [0, 0.05) is 39.1 Å². The smallest absolute Gasteiger partial charge is 0.410 e. The van der Waals surface area contributed by atoms with Gasteiger partial charge in [-0.15, -0.1) is 0 Å². The number of rotatable bonds is 5. The molecule has 0 N–H and O–H groups in total. The molecule has 0 spiro atoms. The standard InChI is InChI=1S/C26H29Cl2FN2O4/c1-30(26(33)35-20-10-6-18(29)7-11-20)24-15-31(25(32)16-3-8-19(34-2)9-4-16)14-21(24)17-5-12-22(27)23(28)13-17/h5-7,10-13,16,19,21,24H,3-4,8-9,14-15H2,1-2H3/t16?,19?,21-,24+/m1/s1. The summed E-state index contributed by atoms with van der Waals surface area (Å²) >= 11 is 12.4. The van der Waals surface area contributed by atoms with Crippen LogP contribution >= 0.6 is 23.2 Å². The zero-order valence-electron chi connectivity index (χ0n) is 19.8. The first-order chi connectivity index (χ1) is 16.8. The van der Waals surface area contributed by atoms with Gasteiger partial charge in [-0.05, 0) is 67.6 Å². The van der Waals surface area contributed by atoms with E-state index in [1.165, 1.54) is 29.2 Å². The van der Waals surface area contributed by atoms with Gasteiger partial charge in [-0.25, -0.2) is 9.18 Å². The number of nitrogens with zero attached hydrogens (tertiary/aromatic N) is 2. The van der Waals surface area contributed by atoms with Crippen LogP contribution in [0.25, 0.3) is 0 Å². The van der Waals surface area contributed by atoms with Gasteiger partial charge in [0.1, 0.15) is 11.6 Å². The summed E-state index contributed by atoms with van der Waals surface area (Å²) in [5.41, 5.74) is 0.893. The molecule has 1 heterocycles. The highest BCUT2D eigenvalue weighted by molar-refractivity contribution is 6.42. The maximum absolute atomic E-state index is 13.4. The third-order valence-corrected chi connectivity index (χ3v) is 7.87. The first-order valence-corrected chi connectivity index (χ1v) is 12.5. The molecule has 2 aromatic rings. The Morgan fingerprint density at radius 1 is 1.00 bits per heavy atom. The number of halogens is 3. The number of carbonyl (C=O) groups is 2. The van der Waals surface area contributed by atoms with E-state index in [1.807, 2.05) is 11.0 Å². The Kier molecular flexibility index (Phi) is 8.19. The zero-order chi connectivity index (χ0) is 25.1. The van der Waals surface area contributed by atoms with Gasteiger partial charge >= 0.3 is 6.09 Å². The number of amides is 2. The number of likely N-dealkylation sites (tertiary alicyclic amines) is 1. The number of ether oxygens (including phenoxy) is 2. The van der Waals surface area contributed by atoms with Crippen LogP contribution in [0.2, 0.25) is 10.0 Å². The number of hydrogen-bond acceptors (Lipinski definition) is 4. The summed E-state index contributed by atoms with van der Waals surface area (Å²) in [5, 5.41) is 0.860. The molecule has 0 radical (unpaired) electrons. The summed E-state index contributed by atoms with van der Waals surface area (Å²) in [7, 11) is 3.36. The predicted octanol–water partition coefficient (Wildman–Crippen LogP) is 5.76. The van der Waals surface area contributed by atoms with Crippen LogP contribution in [-0.2, 0) is 9.53 Å². The molecule has 2 aromatic carbocycles. The monoisotopic (exact) mass is 522 g/mol. The molecule has 188 valence electrons. The predicted molar refractivity (Wildman–Crippen MR) is 133 cm³/mol. The van der Waals surface area contributed by atoms with Crippen molar-refractivity contribution in [3.05, 3.63) is 63.9 Å². The molecule has 2 amide bonds. The van der Waals surface area contributed by atoms with E-state index >= 15 is 0 Å². The van der Waals surface area contributed by atoms with Crippen molar-refractivity contribution in [1.82, 2.24) is 9.80 Å². The molecule has 1 saturated carbocycles. The van der Waals surface area contributed by atoms with Crippen LogP contribution in [0.5, 0.6) is 5.75 Å². The quantitative estimate of drug-likeness (QED) is 0.500. The summed E-state index contributed by atoms with van der Waals surface area (Å²) in [5.74, 6) is -0.286. The second kappa shape index (κ2) is 11.1. The van der Waals surface area contributed by atoms with Crippen LogP contribution in [0.1, 0.15) is 37.2 Å². The molecular formula is C26H29Cl2FN2O4. The lowest BCUT2D eigenvalue weighted by Crippen LogP contribution is -2.44. The summed E-state index contributed by atoms with van der Waals surface area (Å²) in [6.07, 6.45) is 2.94. The number of hydrogen-bond donors (Lipinski definition) is 0. The van der Waals surface area contributed by atoms with E-state index in [4.69, 9.17) is 32.7 Å². The highest BCUT2D eigenvalue weighted by Gasteiger charge is 2.42. The van der Waals surface area contributed by atoms with E-state index in [0.29, 0.717) is 23.1 Å². The van der Waals surface area contributed by atoms with Crippen molar-refractivity contribution in [2.24, 2.45) is 5.92 Å². The van der Waals surface area contributed by atoms with Gasteiger partial charge < -0.3 is 19.3 Å². The van der Waals surface area contributed by atoms with Crippen LogP contribution in [0.3, 0.4) is 0 Å². The van der Waals surface area contributed by atoms with E-state index in [0.717, 1.165) is 31.2 Å². The Morgan fingerprint density at radius 2 is 1.69 bits per heavy atom. The molecule has 2 fully saturated rings. The average Bonchev–Trinajstić information content (AvgIpc) is 3.31. The maximum Gasteiger partial charge on any atom is 0.415 e. The molecule has 1 saturated heterocycles. The first kappa shape index (κ1) is 25.7. The summed E-state index contributed by atoms with van der Waals surface area (Å²) in [6.45, 7) is 0.836. The number of carbonyl (C=O) groups excluding carboxylic acids is 2. The average molecular weight is 523 g/mol. The minimum atomic E-state index is -0.582. The molecule has 1 aliphatic heterocycles. The first-order valence-electron chi connectivity index (χ1n) is 11.7. The zero-order valence-corrected chi connectivity index (χ0v) is 21.3. The summed E-state index contributed by atoms with van der Waals surface area (Å²) in [6, 6.07) is 10.3.